The summed E-state index contributed by atoms with van der Waals surface area (Å²) in [5.74, 6) is 0.331. The second-order valence-corrected chi connectivity index (χ2v) is 8.27. The summed E-state index contributed by atoms with van der Waals surface area (Å²) in [6.07, 6.45) is 9.62. The van der Waals surface area contributed by atoms with Crippen molar-refractivity contribution >= 4 is 28.0 Å². The summed E-state index contributed by atoms with van der Waals surface area (Å²) in [4.78, 5) is 12.4. The molecule has 0 saturated heterocycles. The van der Waals surface area contributed by atoms with Crippen LogP contribution >= 0.6 is 0 Å². The predicted octanol–water partition coefficient (Wildman–Crippen LogP) is 6.32. The van der Waals surface area contributed by atoms with Gasteiger partial charge in [-0.05, 0) is 54.0 Å². The summed E-state index contributed by atoms with van der Waals surface area (Å²) in [6, 6.07) is 17.1. The Kier molecular flexibility index (Phi) is 4.75. The number of methoxy groups -OCH3 is 1. The average molecular weight is 386 g/mol. The number of carbonyl (C=O) groups is 1. The van der Waals surface area contributed by atoms with Crippen LogP contribution in [0.2, 0.25) is 0 Å². The van der Waals surface area contributed by atoms with Crippen molar-refractivity contribution in [2.75, 3.05) is 7.11 Å². The minimum Gasteiger partial charge on any atom is -0.465 e. The molecule has 1 aliphatic carbocycles. The van der Waals surface area contributed by atoms with Crippen LogP contribution in [0.4, 0.5) is 0 Å². The van der Waals surface area contributed by atoms with Crippen LogP contribution in [0, 0.1) is 5.92 Å². The molecule has 3 heteroatoms. The van der Waals surface area contributed by atoms with Crippen molar-refractivity contribution in [1.82, 2.24) is 4.57 Å². The lowest BCUT2D eigenvalue weighted by Crippen LogP contribution is -2.11. The maximum Gasteiger partial charge on any atom is 0.338 e. The fourth-order valence-electron chi connectivity index (χ4n) is 5.34. The van der Waals surface area contributed by atoms with Crippen LogP contribution in [0.3, 0.4) is 0 Å². The van der Waals surface area contributed by atoms with Gasteiger partial charge in [-0.25, -0.2) is 4.79 Å². The van der Waals surface area contributed by atoms with Crippen molar-refractivity contribution in [2.45, 2.75) is 45.1 Å². The minimum atomic E-state index is -0.259. The second-order valence-electron chi connectivity index (χ2n) is 8.27. The molecule has 29 heavy (non-hydrogen) atoms. The highest BCUT2D eigenvalue weighted by Gasteiger charge is 2.28. The summed E-state index contributed by atoms with van der Waals surface area (Å²) in [6.45, 7) is 0.932. The van der Waals surface area contributed by atoms with E-state index < -0.39 is 0 Å². The Labute approximate surface area is 172 Å². The quantitative estimate of drug-likeness (QED) is 0.494. The number of esters is 1. The van der Waals surface area contributed by atoms with Crippen LogP contribution in [0.15, 0.2) is 54.7 Å². The highest BCUT2D eigenvalue weighted by molar-refractivity contribution is 6.09. The molecule has 0 spiro atoms. The Morgan fingerprint density at radius 1 is 1.00 bits per heavy atom. The fraction of sp³-hybridized carbons (Fsp3) is 0.346. The van der Waals surface area contributed by atoms with Gasteiger partial charge >= 0.3 is 5.97 Å². The number of ether oxygens (including phenoxy) is 1. The molecule has 5 rings (SSSR count). The van der Waals surface area contributed by atoms with Gasteiger partial charge in [0.1, 0.15) is 0 Å². The van der Waals surface area contributed by atoms with Crippen LogP contribution in [-0.4, -0.2) is 17.6 Å². The topological polar surface area (TPSA) is 31.2 Å². The predicted molar refractivity (Wildman–Crippen MR) is 118 cm³/mol. The van der Waals surface area contributed by atoms with E-state index in [1.807, 2.05) is 6.07 Å². The molecule has 1 fully saturated rings. The van der Waals surface area contributed by atoms with Gasteiger partial charge in [-0.15, -0.1) is 0 Å². The molecule has 0 amide bonds. The molecule has 148 valence electrons. The number of hydrogen-bond donors (Lipinski definition) is 0. The van der Waals surface area contributed by atoms with Gasteiger partial charge < -0.3 is 9.30 Å². The van der Waals surface area contributed by atoms with Crippen LogP contribution in [0.25, 0.3) is 22.0 Å². The first-order valence-corrected chi connectivity index (χ1v) is 10.8. The fourth-order valence-corrected chi connectivity index (χ4v) is 5.34. The molecular formula is C26H27NO2. The van der Waals surface area contributed by atoms with Gasteiger partial charge in [0.05, 0.1) is 18.2 Å². The largest absolute Gasteiger partial charge is 0.465 e. The number of nitrogens with zero attached hydrogens (tertiary/aromatic N) is 1. The Hall–Kier alpha value is -2.81. The van der Waals surface area contributed by atoms with E-state index >= 15 is 0 Å². The van der Waals surface area contributed by atoms with E-state index in [0.717, 1.165) is 18.4 Å². The van der Waals surface area contributed by atoms with Gasteiger partial charge in [0.2, 0.25) is 0 Å². The van der Waals surface area contributed by atoms with Gasteiger partial charge in [0.25, 0.3) is 0 Å². The van der Waals surface area contributed by atoms with Crippen molar-refractivity contribution in [3.05, 3.63) is 71.4 Å². The molecule has 2 heterocycles. The summed E-state index contributed by atoms with van der Waals surface area (Å²) < 4.78 is 7.38. The number of aryl methyl sites for hydroxylation is 1. The maximum absolute atomic E-state index is 12.4. The Balaban J connectivity index is 1.78. The number of rotatable bonds is 3. The number of allylic oxidation sites excluding steroid dienone is 2. The van der Waals surface area contributed by atoms with E-state index in [0.29, 0.717) is 11.5 Å². The first-order chi connectivity index (χ1) is 14.3. The molecule has 0 unspecified atom stereocenters. The van der Waals surface area contributed by atoms with Crippen molar-refractivity contribution in [3.63, 3.8) is 0 Å². The van der Waals surface area contributed by atoms with Gasteiger partial charge in [-0.1, -0.05) is 55.7 Å². The van der Waals surface area contributed by atoms with Crippen LogP contribution in [0.1, 0.15) is 60.0 Å². The first-order valence-electron chi connectivity index (χ1n) is 10.8. The summed E-state index contributed by atoms with van der Waals surface area (Å²) >= 11 is 0. The number of benzene rings is 2. The van der Waals surface area contributed by atoms with E-state index in [-0.39, 0.29) is 5.97 Å². The van der Waals surface area contributed by atoms with Crippen LogP contribution in [0.5, 0.6) is 0 Å². The molecule has 0 bridgehead atoms. The average Bonchev–Trinajstić information content (AvgIpc) is 3.13. The molecule has 1 saturated carbocycles. The monoisotopic (exact) mass is 385 g/mol. The second kappa shape index (κ2) is 7.55. The first kappa shape index (κ1) is 18.2. The third kappa shape index (κ3) is 3.09. The summed E-state index contributed by atoms with van der Waals surface area (Å²) in [5, 5.41) is 1.01. The van der Waals surface area contributed by atoms with Crippen molar-refractivity contribution in [3.8, 4) is 0 Å². The lowest BCUT2D eigenvalue weighted by molar-refractivity contribution is 0.0603. The lowest BCUT2D eigenvalue weighted by Gasteiger charge is -2.28. The maximum atomic E-state index is 12.4. The van der Waals surface area contributed by atoms with Gasteiger partial charge in [0, 0.05) is 23.7 Å². The molecule has 3 nitrogen and oxygen atoms in total. The third-order valence-electron chi connectivity index (χ3n) is 6.68. The van der Waals surface area contributed by atoms with Crippen LogP contribution < -0.4 is 0 Å². The van der Waals surface area contributed by atoms with Gasteiger partial charge in [-0.3, -0.25) is 0 Å². The zero-order valence-electron chi connectivity index (χ0n) is 17.0. The zero-order valence-corrected chi connectivity index (χ0v) is 17.0. The lowest BCUT2D eigenvalue weighted by atomic mass is 9.77. The molecule has 0 atom stereocenters. The van der Waals surface area contributed by atoms with E-state index in [9.17, 15) is 4.79 Å². The van der Waals surface area contributed by atoms with E-state index in [1.165, 1.54) is 67.0 Å². The van der Waals surface area contributed by atoms with Crippen LogP contribution in [-0.2, 0) is 11.3 Å². The number of aromatic nitrogens is 1. The van der Waals surface area contributed by atoms with Gasteiger partial charge in [0.15, 0.2) is 0 Å². The van der Waals surface area contributed by atoms with Crippen molar-refractivity contribution in [1.29, 1.82) is 0 Å². The molecule has 0 N–H and O–H groups in total. The Morgan fingerprint density at radius 3 is 2.55 bits per heavy atom. The molecule has 3 aromatic rings. The minimum absolute atomic E-state index is 0.259. The standard InChI is InChI=1S/C26H27NO2/c1-29-26(28)22-12-13-23-24(19-10-6-3-7-11-19)20(18-8-4-2-5-9-18)14-16-27-17-15-21(22)25(23)27/h2,4-5,8-9,12-13,15,17,19H,3,6-7,10-11,14,16H2,1H3. The molecule has 2 aromatic carbocycles. The molecule has 1 aliphatic heterocycles. The molecule has 1 aromatic heterocycles. The number of carbonyl (C=O) groups excluding carboxylic acids is 1. The van der Waals surface area contributed by atoms with Crippen molar-refractivity contribution in [2.24, 2.45) is 5.92 Å². The molecule has 0 radical (unpaired) electrons. The smallest absolute Gasteiger partial charge is 0.338 e. The Morgan fingerprint density at radius 2 is 1.79 bits per heavy atom. The normalized spacial score (nSPS) is 17.4. The van der Waals surface area contributed by atoms with E-state index in [4.69, 9.17) is 4.74 Å². The molecular weight excluding hydrogens is 358 g/mol. The zero-order chi connectivity index (χ0) is 19.8. The highest BCUT2D eigenvalue weighted by atomic mass is 16.5. The Bertz CT molecular complexity index is 1080. The van der Waals surface area contributed by atoms with Gasteiger partial charge in [-0.2, -0.15) is 0 Å². The number of hydrogen-bond acceptors (Lipinski definition) is 2. The summed E-state index contributed by atoms with van der Waals surface area (Å²) in [7, 11) is 1.46. The highest BCUT2D eigenvalue weighted by Crippen LogP contribution is 2.45. The third-order valence-corrected chi connectivity index (χ3v) is 6.68. The molecule has 2 aliphatic rings. The van der Waals surface area contributed by atoms with Crippen molar-refractivity contribution < 1.29 is 9.53 Å². The SMILES string of the molecule is COC(=O)c1ccc2c3c1ccn3CCC(c1ccccc1)=C2C1CCCCC1. The van der Waals surface area contributed by atoms with E-state index in [2.05, 4.69) is 53.2 Å². The summed E-state index contributed by atoms with van der Waals surface area (Å²) in [5.41, 5.74) is 7.49. The van der Waals surface area contributed by atoms with E-state index in [1.54, 1.807) is 0 Å².